The van der Waals surface area contributed by atoms with Crippen molar-refractivity contribution in [2.24, 2.45) is 0 Å². The van der Waals surface area contributed by atoms with Gasteiger partial charge >= 0.3 is 0 Å². The van der Waals surface area contributed by atoms with Crippen LogP contribution in [0.2, 0.25) is 5.02 Å². The Morgan fingerprint density at radius 1 is 1.21 bits per heavy atom. The number of thioether (sulfide) groups is 1. The van der Waals surface area contributed by atoms with Crippen LogP contribution in [0.15, 0.2) is 48.8 Å². The van der Waals surface area contributed by atoms with E-state index >= 15 is 0 Å². The number of halogens is 1. The lowest BCUT2D eigenvalue weighted by Gasteiger charge is -2.11. The quantitative estimate of drug-likeness (QED) is 0.772. The molecule has 3 aromatic rings. The molecule has 4 rings (SSSR count). The Morgan fingerprint density at radius 3 is 2.83 bits per heavy atom. The number of benzene rings is 1. The number of carbonyl (C=O) groups is 1. The Morgan fingerprint density at radius 2 is 2.04 bits per heavy atom. The highest BCUT2D eigenvalue weighted by atomic mass is 35.5. The van der Waals surface area contributed by atoms with Crippen LogP contribution in [-0.2, 0) is 11.5 Å². The van der Waals surface area contributed by atoms with Crippen molar-refractivity contribution in [2.75, 3.05) is 5.32 Å². The SMILES string of the molecule is O=C(Nc1c2c(nn1-c1cccc(Cl)c1)CSC2)c1ccncc1. The lowest BCUT2D eigenvalue weighted by Crippen LogP contribution is -2.16. The second-order valence-electron chi connectivity index (χ2n) is 5.35. The molecule has 5 nitrogen and oxygen atoms in total. The predicted molar refractivity (Wildman–Crippen MR) is 95.8 cm³/mol. The lowest BCUT2D eigenvalue weighted by molar-refractivity contribution is 0.102. The van der Waals surface area contributed by atoms with E-state index < -0.39 is 0 Å². The molecule has 1 aliphatic rings. The van der Waals surface area contributed by atoms with Crippen LogP contribution in [-0.4, -0.2) is 20.7 Å². The molecule has 0 saturated heterocycles. The van der Waals surface area contributed by atoms with Crippen LogP contribution in [0.25, 0.3) is 5.69 Å². The van der Waals surface area contributed by atoms with Crippen LogP contribution in [0.3, 0.4) is 0 Å². The smallest absolute Gasteiger partial charge is 0.256 e. The van der Waals surface area contributed by atoms with E-state index in [0.717, 1.165) is 28.5 Å². The number of amides is 1. The average molecular weight is 357 g/mol. The molecule has 0 saturated carbocycles. The summed E-state index contributed by atoms with van der Waals surface area (Å²) in [5.41, 5.74) is 3.46. The van der Waals surface area contributed by atoms with Crippen molar-refractivity contribution in [1.82, 2.24) is 14.8 Å². The summed E-state index contributed by atoms with van der Waals surface area (Å²) in [5.74, 6) is 2.21. The summed E-state index contributed by atoms with van der Waals surface area (Å²) < 4.78 is 1.76. The van der Waals surface area contributed by atoms with Gasteiger partial charge in [0.2, 0.25) is 0 Å². The van der Waals surface area contributed by atoms with Crippen LogP contribution in [0.1, 0.15) is 21.6 Å². The van der Waals surface area contributed by atoms with Gasteiger partial charge in [0, 0.05) is 40.0 Å². The van der Waals surface area contributed by atoms with Crippen molar-refractivity contribution < 1.29 is 4.79 Å². The molecule has 24 heavy (non-hydrogen) atoms. The van der Waals surface area contributed by atoms with Crippen molar-refractivity contribution in [3.63, 3.8) is 0 Å². The zero-order valence-corrected chi connectivity index (χ0v) is 14.1. The molecule has 3 heterocycles. The van der Waals surface area contributed by atoms with Crippen LogP contribution in [0.4, 0.5) is 5.82 Å². The minimum Gasteiger partial charge on any atom is -0.306 e. The van der Waals surface area contributed by atoms with Crippen molar-refractivity contribution in [2.45, 2.75) is 11.5 Å². The van der Waals surface area contributed by atoms with Gasteiger partial charge in [0.1, 0.15) is 5.82 Å². The molecular weight excluding hydrogens is 344 g/mol. The highest BCUT2D eigenvalue weighted by Crippen LogP contribution is 2.36. The van der Waals surface area contributed by atoms with E-state index in [-0.39, 0.29) is 5.91 Å². The number of anilines is 1. The molecule has 2 aromatic heterocycles. The van der Waals surface area contributed by atoms with Gasteiger partial charge in [0.05, 0.1) is 11.4 Å². The van der Waals surface area contributed by atoms with Gasteiger partial charge in [-0.3, -0.25) is 9.78 Å². The largest absolute Gasteiger partial charge is 0.306 e. The van der Waals surface area contributed by atoms with Crippen LogP contribution < -0.4 is 5.32 Å². The molecule has 0 unspecified atom stereocenters. The number of hydrogen-bond donors (Lipinski definition) is 1. The maximum Gasteiger partial charge on any atom is 0.256 e. The Balaban J connectivity index is 1.75. The molecular formula is C17H13ClN4OS. The summed E-state index contributed by atoms with van der Waals surface area (Å²) in [5, 5.41) is 8.29. The first-order valence-corrected chi connectivity index (χ1v) is 8.91. The monoisotopic (exact) mass is 356 g/mol. The van der Waals surface area contributed by atoms with E-state index in [1.165, 1.54) is 0 Å². The Kier molecular flexibility index (Phi) is 4.00. The van der Waals surface area contributed by atoms with Gasteiger partial charge in [0.15, 0.2) is 0 Å². The van der Waals surface area contributed by atoms with E-state index in [9.17, 15) is 4.79 Å². The summed E-state index contributed by atoms with van der Waals surface area (Å²) in [6.45, 7) is 0. The summed E-state index contributed by atoms with van der Waals surface area (Å²) in [4.78, 5) is 16.5. The number of nitrogens with one attached hydrogen (secondary N) is 1. The Hall–Kier alpha value is -2.31. The third-order valence-corrected chi connectivity index (χ3v) is 4.98. The van der Waals surface area contributed by atoms with Crippen LogP contribution in [0.5, 0.6) is 0 Å². The topological polar surface area (TPSA) is 59.8 Å². The fourth-order valence-corrected chi connectivity index (χ4v) is 3.84. The Labute approximate surface area is 148 Å². The molecule has 0 fully saturated rings. The number of pyridine rings is 1. The highest BCUT2D eigenvalue weighted by molar-refractivity contribution is 7.98. The Bertz CT molecular complexity index is 910. The van der Waals surface area contributed by atoms with E-state index in [2.05, 4.69) is 15.4 Å². The third-order valence-electron chi connectivity index (χ3n) is 3.78. The standard InChI is InChI=1S/C17H13ClN4OS/c18-12-2-1-3-13(8-12)22-16(14-9-24-10-15(14)21-22)20-17(23)11-4-6-19-7-5-11/h1-8H,9-10H2,(H,20,23). The minimum atomic E-state index is -0.180. The minimum absolute atomic E-state index is 0.180. The highest BCUT2D eigenvalue weighted by Gasteiger charge is 2.25. The summed E-state index contributed by atoms with van der Waals surface area (Å²) >= 11 is 7.89. The molecule has 0 spiro atoms. The van der Waals surface area contributed by atoms with E-state index in [1.54, 1.807) is 41.0 Å². The number of nitrogens with zero attached hydrogens (tertiary/aromatic N) is 3. The summed E-state index contributed by atoms with van der Waals surface area (Å²) in [7, 11) is 0. The fraction of sp³-hybridized carbons (Fsp3) is 0.118. The van der Waals surface area contributed by atoms with Gasteiger partial charge in [-0.1, -0.05) is 17.7 Å². The van der Waals surface area contributed by atoms with Crippen molar-refractivity contribution in [1.29, 1.82) is 0 Å². The molecule has 0 aliphatic carbocycles. The normalized spacial score (nSPS) is 12.9. The molecule has 1 N–H and O–H groups in total. The van der Waals surface area contributed by atoms with Crippen molar-refractivity contribution in [3.05, 3.63) is 70.6 Å². The fourth-order valence-electron chi connectivity index (χ4n) is 2.62. The van der Waals surface area contributed by atoms with E-state index in [4.69, 9.17) is 11.6 Å². The zero-order chi connectivity index (χ0) is 16.5. The van der Waals surface area contributed by atoms with Gasteiger partial charge in [-0.25, -0.2) is 4.68 Å². The molecule has 1 aliphatic heterocycles. The predicted octanol–water partition coefficient (Wildman–Crippen LogP) is 3.92. The van der Waals surface area contributed by atoms with Gasteiger partial charge in [-0.05, 0) is 30.3 Å². The number of carbonyl (C=O) groups excluding carboxylic acids is 1. The molecule has 0 radical (unpaired) electrons. The maximum absolute atomic E-state index is 12.5. The van der Waals surface area contributed by atoms with Crippen molar-refractivity contribution >= 4 is 35.1 Å². The average Bonchev–Trinajstić information content (AvgIpc) is 3.18. The number of rotatable bonds is 3. The second-order valence-corrected chi connectivity index (χ2v) is 6.77. The van der Waals surface area contributed by atoms with Crippen LogP contribution >= 0.6 is 23.4 Å². The molecule has 0 atom stereocenters. The maximum atomic E-state index is 12.5. The third kappa shape index (κ3) is 2.79. The number of fused-ring (bicyclic) bond motifs is 1. The number of aromatic nitrogens is 3. The van der Waals surface area contributed by atoms with Gasteiger partial charge in [0.25, 0.3) is 5.91 Å². The molecule has 1 amide bonds. The first kappa shape index (κ1) is 15.2. The van der Waals surface area contributed by atoms with Gasteiger partial charge in [-0.2, -0.15) is 16.9 Å². The zero-order valence-electron chi connectivity index (χ0n) is 12.6. The summed E-state index contributed by atoms with van der Waals surface area (Å²) in [6.07, 6.45) is 3.20. The van der Waals surface area contributed by atoms with E-state index in [1.807, 2.05) is 24.3 Å². The molecule has 120 valence electrons. The van der Waals surface area contributed by atoms with Crippen molar-refractivity contribution in [3.8, 4) is 5.69 Å². The first-order valence-electron chi connectivity index (χ1n) is 7.38. The number of hydrogen-bond acceptors (Lipinski definition) is 4. The lowest BCUT2D eigenvalue weighted by atomic mass is 10.2. The second kappa shape index (κ2) is 6.30. The molecule has 0 bridgehead atoms. The molecule has 7 heteroatoms. The van der Waals surface area contributed by atoms with Gasteiger partial charge in [-0.15, -0.1) is 0 Å². The molecule has 1 aromatic carbocycles. The van der Waals surface area contributed by atoms with E-state index in [0.29, 0.717) is 16.4 Å². The first-order chi connectivity index (χ1) is 11.7. The summed E-state index contributed by atoms with van der Waals surface area (Å²) in [6, 6.07) is 10.8. The van der Waals surface area contributed by atoms with Crippen LogP contribution in [0, 0.1) is 0 Å². The van der Waals surface area contributed by atoms with Gasteiger partial charge < -0.3 is 5.32 Å².